The van der Waals surface area contributed by atoms with Gasteiger partial charge in [-0.2, -0.15) is 0 Å². The van der Waals surface area contributed by atoms with Crippen LogP contribution >= 0.6 is 0 Å². The van der Waals surface area contributed by atoms with Crippen molar-refractivity contribution in [1.29, 1.82) is 0 Å². The molecule has 17 heavy (non-hydrogen) atoms. The molecular formula is C13H17FO3. The third-order valence-corrected chi connectivity index (χ3v) is 2.62. The van der Waals surface area contributed by atoms with Gasteiger partial charge in [-0.1, -0.05) is 6.92 Å². The van der Waals surface area contributed by atoms with E-state index in [1.807, 2.05) is 6.92 Å². The number of esters is 1. The summed E-state index contributed by atoms with van der Waals surface area (Å²) in [5.74, 6) is -1.02. The number of aliphatic hydroxyl groups excluding tert-OH is 1. The second kappa shape index (κ2) is 5.77. The van der Waals surface area contributed by atoms with Crippen molar-refractivity contribution in [2.45, 2.75) is 33.3 Å². The molecule has 0 spiro atoms. The third kappa shape index (κ3) is 3.03. The first kappa shape index (κ1) is 13.6. The predicted molar refractivity (Wildman–Crippen MR) is 62.1 cm³/mol. The van der Waals surface area contributed by atoms with Crippen molar-refractivity contribution in [3.63, 3.8) is 0 Å². The molecule has 1 aromatic rings. The van der Waals surface area contributed by atoms with E-state index in [0.717, 1.165) is 0 Å². The molecule has 1 unspecified atom stereocenters. The summed E-state index contributed by atoms with van der Waals surface area (Å²) in [7, 11) is 0. The molecule has 1 rings (SSSR count). The van der Waals surface area contributed by atoms with Gasteiger partial charge < -0.3 is 9.84 Å². The lowest BCUT2D eigenvalue weighted by Crippen LogP contribution is -2.17. The lowest BCUT2D eigenvalue weighted by atomic mass is 9.99. The van der Waals surface area contributed by atoms with Crippen molar-refractivity contribution in [3.05, 3.63) is 34.6 Å². The van der Waals surface area contributed by atoms with Crippen LogP contribution in [0.2, 0.25) is 0 Å². The summed E-state index contributed by atoms with van der Waals surface area (Å²) in [6, 6.07) is 2.85. The average Bonchev–Trinajstić information content (AvgIpc) is 2.29. The van der Waals surface area contributed by atoms with Crippen molar-refractivity contribution in [2.75, 3.05) is 6.61 Å². The molecule has 0 heterocycles. The van der Waals surface area contributed by atoms with E-state index in [2.05, 4.69) is 0 Å². The highest BCUT2D eigenvalue weighted by molar-refractivity contribution is 5.76. The molecular weight excluding hydrogens is 223 g/mol. The standard InChI is InChI=1S/C13H17FO3/c1-4-9-7-10(8(3)6-11(9)14)12(15)13(16)17-5-2/h6-7,12,15H,4-5H2,1-3H3. The van der Waals surface area contributed by atoms with Crippen LogP contribution in [-0.4, -0.2) is 17.7 Å². The largest absolute Gasteiger partial charge is 0.464 e. The maximum absolute atomic E-state index is 13.4. The lowest BCUT2D eigenvalue weighted by molar-refractivity contribution is -0.153. The van der Waals surface area contributed by atoms with Gasteiger partial charge in [-0.3, -0.25) is 0 Å². The summed E-state index contributed by atoms with van der Waals surface area (Å²) in [5, 5.41) is 9.81. The highest BCUT2D eigenvalue weighted by atomic mass is 19.1. The van der Waals surface area contributed by atoms with Gasteiger partial charge in [-0.25, -0.2) is 9.18 Å². The predicted octanol–water partition coefficient (Wildman–Crippen LogP) is 2.29. The minimum absolute atomic E-state index is 0.205. The van der Waals surface area contributed by atoms with Crippen molar-refractivity contribution >= 4 is 5.97 Å². The van der Waals surface area contributed by atoms with E-state index in [1.165, 1.54) is 12.1 Å². The van der Waals surface area contributed by atoms with Crippen LogP contribution in [0.4, 0.5) is 4.39 Å². The first-order chi connectivity index (χ1) is 8.01. The Labute approximate surface area is 100 Å². The van der Waals surface area contributed by atoms with E-state index >= 15 is 0 Å². The number of ether oxygens (including phenoxy) is 1. The Bertz CT molecular complexity index is 415. The van der Waals surface area contributed by atoms with Crippen LogP contribution in [0.25, 0.3) is 0 Å². The van der Waals surface area contributed by atoms with Crippen LogP contribution in [0.1, 0.15) is 36.6 Å². The number of benzene rings is 1. The average molecular weight is 240 g/mol. The number of aryl methyl sites for hydroxylation is 2. The zero-order chi connectivity index (χ0) is 13.0. The number of aliphatic hydroxyl groups is 1. The van der Waals surface area contributed by atoms with Gasteiger partial charge in [0.1, 0.15) is 5.82 Å². The minimum atomic E-state index is -1.35. The van der Waals surface area contributed by atoms with Crippen LogP contribution in [0.3, 0.4) is 0 Å². The van der Waals surface area contributed by atoms with Gasteiger partial charge in [0.25, 0.3) is 0 Å². The molecule has 0 aliphatic rings. The van der Waals surface area contributed by atoms with E-state index in [9.17, 15) is 14.3 Å². The minimum Gasteiger partial charge on any atom is -0.464 e. The first-order valence-corrected chi connectivity index (χ1v) is 5.64. The van der Waals surface area contributed by atoms with Crippen LogP contribution in [0.15, 0.2) is 12.1 Å². The smallest absolute Gasteiger partial charge is 0.339 e. The van der Waals surface area contributed by atoms with Crippen molar-refractivity contribution in [2.24, 2.45) is 0 Å². The number of hydrogen-bond donors (Lipinski definition) is 1. The van der Waals surface area contributed by atoms with Gasteiger partial charge in [0.2, 0.25) is 0 Å². The van der Waals surface area contributed by atoms with Gasteiger partial charge in [0, 0.05) is 0 Å². The SMILES string of the molecule is CCOC(=O)C(O)c1cc(CC)c(F)cc1C. The zero-order valence-electron chi connectivity index (χ0n) is 10.3. The second-order valence-electron chi connectivity index (χ2n) is 3.81. The van der Waals surface area contributed by atoms with Gasteiger partial charge in [0.05, 0.1) is 6.61 Å². The Balaban J connectivity index is 3.08. The number of hydrogen-bond acceptors (Lipinski definition) is 3. The summed E-state index contributed by atoms with van der Waals surface area (Å²) in [6.45, 7) is 5.34. The molecule has 3 nitrogen and oxygen atoms in total. The Morgan fingerprint density at radius 2 is 2.12 bits per heavy atom. The number of carbonyl (C=O) groups is 1. The highest BCUT2D eigenvalue weighted by Crippen LogP contribution is 2.23. The summed E-state index contributed by atoms with van der Waals surface area (Å²) in [4.78, 5) is 11.4. The van der Waals surface area contributed by atoms with E-state index in [0.29, 0.717) is 23.1 Å². The van der Waals surface area contributed by atoms with E-state index in [4.69, 9.17) is 4.74 Å². The zero-order valence-corrected chi connectivity index (χ0v) is 10.3. The molecule has 0 amide bonds. The third-order valence-electron chi connectivity index (χ3n) is 2.62. The quantitative estimate of drug-likeness (QED) is 0.821. The second-order valence-corrected chi connectivity index (χ2v) is 3.81. The van der Waals surface area contributed by atoms with Crippen molar-refractivity contribution < 1.29 is 19.0 Å². The van der Waals surface area contributed by atoms with Gasteiger partial charge in [-0.05, 0) is 49.1 Å². The van der Waals surface area contributed by atoms with Gasteiger partial charge >= 0.3 is 5.97 Å². The van der Waals surface area contributed by atoms with Crippen molar-refractivity contribution in [3.8, 4) is 0 Å². The number of carbonyl (C=O) groups excluding carboxylic acids is 1. The molecule has 0 aromatic heterocycles. The normalized spacial score (nSPS) is 12.3. The van der Waals surface area contributed by atoms with Crippen LogP contribution in [0, 0.1) is 12.7 Å². The monoisotopic (exact) mass is 240 g/mol. The molecule has 0 aliphatic carbocycles. The Hall–Kier alpha value is -1.42. The fourth-order valence-electron chi connectivity index (χ4n) is 1.65. The molecule has 0 fully saturated rings. The summed E-state index contributed by atoms with van der Waals surface area (Å²) < 4.78 is 18.2. The van der Waals surface area contributed by atoms with E-state index in [-0.39, 0.29) is 12.4 Å². The number of rotatable bonds is 4. The Kier molecular flexibility index (Phi) is 4.63. The summed E-state index contributed by atoms with van der Waals surface area (Å²) in [6.07, 6.45) is -0.838. The maximum atomic E-state index is 13.4. The fourth-order valence-corrected chi connectivity index (χ4v) is 1.65. The van der Waals surface area contributed by atoms with E-state index < -0.39 is 12.1 Å². The molecule has 4 heteroatoms. The molecule has 0 saturated carbocycles. The molecule has 94 valence electrons. The number of halogens is 1. The fraction of sp³-hybridized carbons (Fsp3) is 0.462. The molecule has 0 saturated heterocycles. The summed E-state index contributed by atoms with van der Waals surface area (Å²) in [5.41, 5.74) is 1.43. The molecule has 1 aromatic carbocycles. The molecule has 0 bridgehead atoms. The molecule has 1 N–H and O–H groups in total. The molecule has 0 radical (unpaired) electrons. The Morgan fingerprint density at radius 3 is 2.65 bits per heavy atom. The van der Waals surface area contributed by atoms with Crippen LogP contribution in [0.5, 0.6) is 0 Å². The maximum Gasteiger partial charge on any atom is 0.339 e. The highest BCUT2D eigenvalue weighted by Gasteiger charge is 2.21. The van der Waals surface area contributed by atoms with Crippen LogP contribution in [-0.2, 0) is 16.0 Å². The van der Waals surface area contributed by atoms with Crippen LogP contribution < -0.4 is 0 Å². The lowest BCUT2D eigenvalue weighted by Gasteiger charge is -2.14. The van der Waals surface area contributed by atoms with Gasteiger partial charge in [-0.15, -0.1) is 0 Å². The Morgan fingerprint density at radius 1 is 1.47 bits per heavy atom. The molecule has 0 aliphatic heterocycles. The topological polar surface area (TPSA) is 46.5 Å². The van der Waals surface area contributed by atoms with E-state index in [1.54, 1.807) is 13.8 Å². The first-order valence-electron chi connectivity index (χ1n) is 5.64. The summed E-state index contributed by atoms with van der Waals surface area (Å²) >= 11 is 0. The van der Waals surface area contributed by atoms with Gasteiger partial charge in [0.15, 0.2) is 6.10 Å². The molecule has 1 atom stereocenters. The van der Waals surface area contributed by atoms with Crippen molar-refractivity contribution in [1.82, 2.24) is 0 Å².